The lowest BCUT2D eigenvalue weighted by molar-refractivity contribution is 0.214. The third-order valence-electron chi connectivity index (χ3n) is 5.34. The molecular formula is C27H30N4O. The number of hydrogen-bond donors (Lipinski definition) is 1. The molecule has 0 saturated carbocycles. The molecule has 2 aromatic carbocycles. The number of hydrogen-bond acceptors (Lipinski definition) is 5. The summed E-state index contributed by atoms with van der Waals surface area (Å²) in [6.45, 7) is 9.93. The number of nitrogens with one attached hydrogen (secondary N) is 1. The average Bonchev–Trinajstić information content (AvgIpc) is 2.78. The van der Waals surface area contributed by atoms with Crippen LogP contribution in [0.2, 0.25) is 0 Å². The van der Waals surface area contributed by atoms with Crippen LogP contribution in [0.3, 0.4) is 0 Å². The van der Waals surface area contributed by atoms with Crippen LogP contribution in [0.4, 0.5) is 11.5 Å². The lowest BCUT2D eigenvalue weighted by Crippen LogP contribution is -2.40. The molecule has 0 spiro atoms. The van der Waals surface area contributed by atoms with Gasteiger partial charge in [0.1, 0.15) is 17.9 Å². The van der Waals surface area contributed by atoms with Crippen molar-refractivity contribution in [3.63, 3.8) is 0 Å². The topological polar surface area (TPSA) is 50.3 Å². The number of anilines is 2. The van der Waals surface area contributed by atoms with E-state index >= 15 is 0 Å². The predicted molar refractivity (Wildman–Crippen MR) is 132 cm³/mol. The normalized spacial score (nSPS) is 11.0. The van der Waals surface area contributed by atoms with E-state index in [4.69, 9.17) is 11.2 Å². The number of fused-ring (bicyclic) bond motifs is 1. The Bertz CT molecular complexity index is 1200. The molecule has 0 radical (unpaired) electrons. The van der Waals surface area contributed by atoms with E-state index in [1.807, 2.05) is 43.3 Å². The summed E-state index contributed by atoms with van der Waals surface area (Å²) in [5.41, 5.74) is 3.00. The monoisotopic (exact) mass is 426 g/mol. The minimum absolute atomic E-state index is 0.265. The van der Waals surface area contributed by atoms with Gasteiger partial charge < -0.3 is 10.1 Å². The van der Waals surface area contributed by atoms with Gasteiger partial charge in [0.05, 0.1) is 23.2 Å². The first-order valence-electron chi connectivity index (χ1n) is 10.9. The lowest BCUT2D eigenvalue weighted by Gasteiger charge is -2.30. The van der Waals surface area contributed by atoms with Crippen LogP contribution < -0.4 is 10.1 Å². The van der Waals surface area contributed by atoms with Crippen molar-refractivity contribution in [1.82, 2.24) is 14.9 Å². The van der Waals surface area contributed by atoms with Gasteiger partial charge in [-0.2, -0.15) is 0 Å². The Morgan fingerprint density at radius 2 is 1.97 bits per heavy atom. The van der Waals surface area contributed by atoms with Crippen molar-refractivity contribution in [3.05, 3.63) is 53.9 Å². The van der Waals surface area contributed by atoms with Gasteiger partial charge in [-0.05, 0) is 65.0 Å². The summed E-state index contributed by atoms with van der Waals surface area (Å²) in [5, 5.41) is 4.23. The van der Waals surface area contributed by atoms with Gasteiger partial charge in [0.2, 0.25) is 0 Å². The Labute approximate surface area is 191 Å². The van der Waals surface area contributed by atoms with Crippen LogP contribution in [0.25, 0.3) is 10.9 Å². The summed E-state index contributed by atoms with van der Waals surface area (Å²) in [6.07, 6.45) is 8.16. The first kappa shape index (κ1) is 23.1. The van der Waals surface area contributed by atoms with E-state index in [0.717, 1.165) is 46.4 Å². The Morgan fingerprint density at radius 1 is 1.16 bits per heavy atom. The molecule has 0 fully saturated rings. The predicted octanol–water partition coefficient (Wildman–Crippen LogP) is 5.23. The largest absolute Gasteiger partial charge is 0.492 e. The molecule has 0 bridgehead atoms. The fourth-order valence-electron chi connectivity index (χ4n) is 3.31. The van der Waals surface area contributed by atoms with Crippen LogP contribution in [-0.4, -0.2) is 40.6 Å². The molecule has 0 aliphatic heterocycles. The number of benzene rings is 2. The fraction of sp³-hybridized carbons (Fsp3) is 0.333. The lowest BCUT2D eigenvalue weighted by atomic mass is 10.0. The van der Waals surface area contributed by atoms with Crippen molar-refractivity contribution in [1.29, 1.82) is 0 Å². The van der Waals surface area contributed by atoms with E-state index < -0.39 is 0 Å². The highest BCUT2D eigenvalue weighted by molar-refractivity contribution is 5.93. The van der Waals surface area contributed by atoms with Crippen LogP contribution in [0, 0.1) is 24.2 Å². The van der Waals surface area contributed by atoms with Crippen LogP contribution >= 0.6 is 0 Å². The third kappa shape index (κ3) is 5.38. The first-order valence-corrected chi connectivity index (χ1v) is 10.9. The molecule has 32 heavy (non-hydrogen) atoms. The summed E-state index contributed by atoms with van der Waals surface area (Å²) in [6, 6.07) is 11.6. The third-order valence-corrected chi connectivity index (χ3v) is 5.34. The molecule has 5 nitrogen and oxygen atoms in total. The van der Waals surface area contributed by atoms with Crippen molar-refractivity contribution in [2.24, 2.45) is 0 Å². The van der Waals surface area contributed by atoms with Crippen LogP contribution in [0.1, 0.15) is 45.2 Å². The summed E-state index contributed by atoms with van der Waals surface area (Å²) in [5.74, 6) is 10.8. The summed E-state index contributed by atoms with van der Waals surface area (Å²) < 4.78 is 5.89. The second-order valence-corrected chi connectivity index (χ2v) is 8.10. The quantitative estimate of drug-likeness (QED) is 0.525. The number of rotatable bonds is 7. The maximum Gasteiger partial charge on any atom is 0.141 e. The molecule has 3 aromatic rings. The van der Waals surface area contributed by atoms with Crippen molar-refractivity contribution in [2.45, 2.75) is 39.7 Å². The minimum atomic E-state index is -0.265. The maximum atomic E-state index is 5.89. The van der Waals surface area contributed by atoms with Gasteiger partial charge in [-0.1, -0.05) is 30.8 Å². The second-order valence-electron chi connectivity index (χ2n) is 8.10. The van der Waals surface area contributed by atoms with E-state index in [-0.39, 0.29) is 5.54 Å². The van der Waals surface area contributed by atoms with E-state index in [1.165, 1.54) is 0 Å². The first-order chi connectivity index (χ1) is 15.4. The van der Waals surface area contributed by atoms with Gasteiger partial charge in [0.25, 0.3) is 0 Å². The number of nitrogens with zero attached hydrogens (tertiary/aromatic N) is 3. The molecule has 0 saturated heterocycles. The SMILES string of the molecule is C#Cc1cccc(Nc2ncnc3cc(OCC)c(C#CC(C)(C)N(C)CCC)cc23)c1. The van der Waals surface area contributed by atoms with Crippen molar-refractivity contribution >= 4 is 22.4 Å². The molecule has 0 aliphatic carbocycles. The zero-order valence-corrected chi connectivity index (χ0v) is 19.5. The van der Waals surface area contributed by atoms with E-state index in [2.05, 4.69) is 65.8 Å². The van der Waals surface area contributed by atoms with Gasteiger partial charge in [-0.25, -0.2) is 9.97 Å². The van der Waals surface area contributed by atoms with E-state index in [0.29, 0.717) is 12.4 Å². The molecule has 0 atom stereocenters. The number of ether oxygens (including phenoxy) is 1. The molecule has 1 heterocycles. The number of aromatic nitrogens is 2. The molecule has 0 aliphatic rings. The van der Waals surface area contributed by atoms with E-state index in [1.54, 1.807) is 6.33 Å². The van der Waals surface area contributed by atoms with Crippen molar-refractivity contribution < 1.29 is 4.74 Å². The van der Waals surface area contributed by atoms with Crippen LogP contribution in [0.5, 0.6) is 5.75 Å². The fourth-order valence-corrected chi connectivity index (χ4v) is 3.31. The maximum absolute atomic E-state index is 5.89. The smallest absolute Gasteiger partial charge is 0.141 e. The molecule has 1 aromatic heterocycles. The van der Waals surface area contributed by atoms with Gasteiger partial charge in [0.15, 0.2) is 0 Å². The average molecular weight is 427 g/mol. The Balaban J connectivity index is 2.07. The molecule has 164 valence electrons. The molecule has 0 amide bonds. The van der Waals surface area contributed by atoms with Gasteiger partial charge in [-0.3, -0.25) is 4.90 Å². The summed E-state index contributed by atoms with van der Waals surface area (Å²) >= 11 is 0. The highest BCUT2D eigenvalue weighted by Crippen LogP contribution is 2.30. The van der Waals surface area contributed by atoms with Gasteiger partial charge >= 0.3 is 0 Å². The van der Waals surface area contributed by atoms with Crippen LogP contribution in [-0.2, 0) is 0 Å². The Kier molecular flexibility index (Phi) is 7.36. The van der Waals surface area contributed by atoms with Crippen molar-refractivity contribution in [2.75, 3.05) is 25.5 Å². The van der Waals surface area contributed by atoms with Crippen LogP contribution in [0.15, 0.2) is 42.7 Å². The summed E-state index contributed by atoms with van der Waals surface area (Å²) in [4.78, 5) is 11.2. The summed E-state index contributed by atoms with van der Waals surface area (Å²) in [7, 11) is 2.10. The van der Waals surface area contributed by atoms with Gasteiger partial charge in [-0.15, -0.1) is 6.42 Å². The highest BCUT2D eigenvalue weighted by Gasteiger charge is 2.20. The Morgan fingerprint density at radius 3 is 2.69 bits per heavy atom. The molecule has 3 rings (SSSR count). The standard InChI is InChI=1S/C27H30N4O/c1-7-15-31(6)27(4,5)14-13-21-17-23-24(18-25(21)32-9-3)28-19-29-26(23)30-22-12-10-11-20(8-2)16-22/h2,10-12,16-19H,7,9,15H2,1,3-6H3,(H,28,29,30). The minimum Gasteiger partial charge on any atom is -0.492 e. The van der Waals surface area contributed by atoms with Crippen molar-refractivity contribution in [3.8, 4) is 29.9 Å². The van der Waals surface area contributed by atoms with E-state index in [9.17, 15) is 0 Å². The highest BCUT2D eigenvalue weighted by atomic mass is 16.5. The number of terminal acetylenes is 1. The Hall–Kier alpha value is -3.54. The molecule has 1 N–H and O–H groups in total. The molecule has 0 unspecified atom stereocenters. The molecular weight excluding hydrogens is 396 g/mol. The van der Waals surface area contributed by atoms with Gasteiger partial charge in [0, 0.05) is 22.7 Å². The zero-order valence-electron chi connectivity index (χ0n) is 19.5. The second kappa shape index (κ2) is 10.2. The molecule has 5 heteroatoms. The zero-order chi connectivity index (χ0) is 23.1.